The third kappa shape index (κ3) is 8.48. The van der Waals surface area contributed by atoms with Gasteiger partial charge in [-0.3, -0.25) is 9.59 Å². The lowest BCUT2D eigenvalue weighted by Crippen LogP contribution is -2.45. The maximum absolute atomic E-state index is 13.8. The van der Waals surface area contributed by atoms with Gasteiger partial charge >= 0.3 is 0 Å². The van der Waals surface area contributed by atoms with Gasteiger partial charge in [-0.1, -0.05) is 37.3 Å². The van der Waals surface area contributed by atoms with Crippen molar-refractivity contribution >= 4 is 11.8 Å². The van der Waals surface area contributed by atoms with E-state index in [-0.39, 0.29) is 29.7 Å². The van der Waals surface area contributed by atoms with Gasteiger partial charge in [0.15, 0.2) is 11.5 Å². The number of benzene rings is 2. The van der Waals surface area contributed by atoms with Gasteiger partial charge in [0.1, 0.15) is 0 Å². The molecule has 42 heavy (non-hydrogen) atoms. The van der Waals surface area contributed by atoms with E-state index in [0.29, 0.717) is 55.2 Å². The van der Waals surface area contributed by atoms with Crippen molar-refractivity contribution in [2.45, 2.75) is 64.5 Å². The summed E-state index contributed by atoms with van der Waals surface area (Å²) >= 11 is 0. The van der Waals surface area contributed by atoms with Crippen LogP contribution in [0, 0.1) is 11.8 Å². The fourth-order valence-electron chi connectivity index (χ4n) is 5.84. The number of amides is 2. The van der Waals surface area contributed by atoms with Crippen LogP contribution in [-0.2, 0) is 9.53 Å². The normalized spacial score (nSPS) is 19.0. The molecule has 1 heterocycles. The quantitative estimate of drug-likeness (QED) is 0.283. The Bertz CT molecular complexity index is 1150. The second kappa shape index (κ2) is 15.4. The van der Waals surface area contributed by atoms with E-state index in [0.717, 1.165) is 38.9 Å². The molecule has 0 bridgehead atoms. The molecule has 0 spiro atoms. The lowest BCUT2D eigenvalue weighted by atomic mass is 9.93. The molecular weight excluding hydrogens is 530 g/mol. The van der Waals surface area contributed by atoms with Crippen molar-refractivity contribution in [3.63, 3.8) is 0 Å². The van der Waals surface area contributed by atoms with Gasteiger partial charge in [-0.15, -0.1) is 0 Å². The predicted molar refractivity (Wildman–Crippen MR) is 165 cm³/mol. The van der Waals surface area contributed by atoms with Gasteiger partial charge in [-0.25, -0.2) is 0 Å². The van der Waals surface area contributed by atoms with E-state index < -0.39 is 0 Å². The van der Waals surface area contributed by atoms with E-state index in [4.69, 9.17) is 14.2 Å². The van der Waals surface area contributed by atoms with Gasteiger partial charge in [0, 0.05) is 70.4 Å². The van der Waals surface area contributed by atoms with Crippen molar-refractivity contribution in [3.8, 4) is 11.5 Å². The number of hydrogen-bond donors (Lipinski definition) is 1. The zero-order valence-electron chi connectivity index (χ0n) is 26.0. The molecule has 0 unspecified atom stereocenters. The fraction of sp³-hybridized carbons (Fsp3) is 0.588. The molecule has 8 heteroatoms. The largest absolute Gasteiger partial charge is 0.493 e. The first-order valence-corrected chi connectivity index (χ1v) is 15.5. The molecule has 1 saturated heterocycles. The summed E-state index contributed by atoms with van der Waals surface area (Å²) in [7, 11) is 3.27. The molecule has 1 saturated carbocycles. The smallest absolute Gasteiger partial charge is 0.254 e. The summed E-state index contributed by atoms with van der Waals surface area (Å²) in [4.78, 5) is 31.5. The molecule has 1 aliphatic carbocycles. The summed E-state index contributed by atoms with van der Waals surface area (Å²) < 4.78 is 16.5. The van der Waals surface area contributed by atoms with Crippen LogP contribution in [0.3, 0.4) is 0 Å². The lowest BCUT2D eigenvalue weighted by Gasteiger charge is -2.34. The summed E-state index contributed by atoms with van der Waals surface area (Å²) in [5.41, 5.74) is 1.79. The van der Waals surface area contributed by atoms with Crippen LogP contribution in [0.1, 0.15) is 68.3 Å². The Morgan fingerprint density at radius 1 is 0.929 bits per heavy atom. The summed E-state index contributed by atoms with van der Waals surface area (Å²) in [5.74, 6) is 2.13. The van der Waals surface area contributed by atoms with Crippen molar-refractivity contribution in [2.24, 2.45) is 11.8 Å². The highest BCUT2D eigenvalue weighted by Gasteiger charge is 2.38. The van der Waals surface area contributed by atoms with E-state index in [9.17, 15) is 9.59 Å². The van der Waals surface area contributed by atoms with Crippen LogP contribution in [0.15, 0.2) is 48.5 Å². The second-order valence-corrected chi connectivity index (χ2v) is 12.1. The number of nitrogens with zero attached hydrogens (tertiary/aromatic N) is 2. The van der Waals surface area contributed by atoms with E-state index in [1.165, 1.54) is 5.56 Å². The van der Waals surface area contributed by atoms with E-state index in [1.807, 2.05) is 29.2 Å². The molecule has 2 fully saturated rings. The first-order chi connectivity index (χ1) is 20.3. The van der Waals surface area contributed by atoms with Crippen LogP contribution >= 0.6 is 0 Å². The van der Waals surface area contributed by atoms with E-state index in [1.54, 1.807) is 26.4 Å². The topological polar surface area (TPSA) is 80.3 Å². The Kier molecular flexibility index (Phi) is 11.7. The van der Waals surface area contributed by atoms with Crippen molar-refractivity contribution in [2.75, 3.05) is 53.6 Å². The Morgan fingerprint density at radius 3 is 2.29 bits per heavy atom. The Morgan fingerprint density at radius 2 is 1.64 bits per heavy atom. The Hall–Kier alpha value is -3.10. The van der Waals surface area contributed by atoms with Crippen LogP contribution in [0.25, 0.3) is 0 Å². The van der Waals surface area contributed by atoms with Gasteiger partial charge < -0.3 is 29.3 Å². The Labute approximate surface area is 251 Å². The first-order valence-electron chi connectivity index (χ1n) is 15.5. The van der Waals surface area contributed by atoms with Gasteiger partial charge in [-0.05, 0) is 68.2 Å². The highest BCUT2D eigenvalue weighted by molar-refractivity contribution is 5.95. The van der Waals surface area contributed by atoms with Crippen molar-refractivity contribution in [1.29, 1.82) is 0 Å². The zero-order valence-corrected chi connectivity index (χ0v) is 26.0. The zero-order chi connectivity index (χ0) is 30.1. The second-order valence-electron chi connectivity index (χ2n) is 12.1. The fourth-order valence-corrected chi connectivity index (χ4v) is 5.84. The molecule has 1 N–H and O–H groups in total. The molecule has 0 radical (unpaired) electrons. The molecule has 2 aromatic rings. The molecule has 230 valence electrons. The molecule has 0 aromatic heterocycles. The molecule has 4 rings (SSSR count). The van der Waals surface area contributed by atoms with Gasteiger partial charge in [0.2, 0.25) is 5.91 Å². The number of carbonyl (C=O) groups excluding carboxylic acids is 2. The molecule has 2 amide bonds. The molecule has 3 atom stereocenters. The highest BCUT2D eigenvalue weighted by atomic mass is 16.5. The Balaban J connectivity index is 1.42. The summed E-state index contributed by atoms with van der Waals surface area (Å²) in [6, 6.07) is 16.1. The first kappa shape index (κ1) is 31.8. The van der Waals surface area contributed by atoms with Crippen LogP contribution in [0.4, 0.5) is 0 Å². The van der Waals surface area contributed by atoms with Crippen molar-refractivity contribution in [1.82, 2.24) is 15.1 Å². The summed E-state index contributed by atoms with van der Waals surface area (Å²) in [6.45, 7) is 10.4. The van der Waals surface area contributed by atoms with Gasteiger partial charge in [0.05, 0.1) is 13.7 Å². The third-order valence-corrected chi connectivity index (χ3v) is 8.54. The highest BCUT2D eigenvalue weighted by Crippen LogP contribution is 2.33. The van der Waals surface area contributed by atoms with Gasteiger partial charge in [0.25, 0.3) is 5.91 Å². The standard InChI is InChI=1S/C34H49N3O5/c1-24(2)36(34(39)27-12-15-31(41-5)32(19-27)42-17-9-16-40-4)22-28-20-35-21-29(28)23-37(30-13-14-30)33(38)18-25(3)26-10-7-6-8-11-26/h6-8,10-12,15,19,24-25,28-30,35H,9,13-14,16-18,20-23H2,1-5H3/t25-,28-,29-/m0/s1. The van der Waals surface area contributed by atoms with Crippen molar-refractivity contribution < 1.29 is 23.8 Å². The maximum atomic E-state index is 13.8. The number of hydrogen-bond acceptors (Lipinski definition) is 6. The number of ether oxygens (including phenoxy) is 3. The number of carbonyl (C=O) groups is 2. The minimum atomic E-state index is -0.0214. The summed E-state index contributed by atoms with van der Waals surface area (Å²) in [5, 5.41) is 3.55. The predicted octanol–water partition coefficient (Wildman–Crippen LogP) is 4.98. The van der Waals surface area contributed by atoms with Gasteiger partial charge in [-0.2, -0.15) is 0 Å². The average molecular weight is 580 g/mol. The van der Waals surface area contributed by atoms with Crippen LogP contribution < -0.4 is 14.8 Å². The molecule has 2 aromatic carbocycles. The maximum Gasteiger partial charge on any atom is 0.254 e. The number of rotatable bonds is 16. The molecular formula is C34H49N3O5. The van der Waals surface area contributed by atoms with E-state index in [2.05, 4.69) is 43.1 Å². The molecule has 8 nitrogen and oxygen atoms in total. The monoisotopic (exact) mass is 579 g/mol. The number of nitrogens with one attached hydrogen (secondary N) is 1. The minimum Gasteiger partial charge on any atom is -0.493 e. The number of methoxy groups -OCH3 is 2. The SMILES string of the molecule is COCCCOc1cc(C(=O)N(C[C@@H]2CNC[C@H]2CN(C(=O)C[C@H](C)c2ccccc2)C2CC2)C(C)C)ccc1OC. The van der Waals surface area contributed by atoms with Crippen molar-refractivity contribution in [3.05, 3.63) is 59.7 Å². The molecule has 2 aliphatic rings. The molecule has 1 aliphatic heterocycles. The van der Waals surface area contributed by atoms with Crippen LogP contribution in [0.5, 0.6) is 11.5 Å². The third-order valence-electron chi connectivity index (χ3n) is 8.54. The van der Waals surface area contributed by atoms with E-state index >= 15 is 0 Å². The van der Waals surface area contributed by atoms with Crippen LogP contribution in [-0.4, -0.2) is 87.3 Å². The average Bonchev–Trinajstić information content (AvgIpc) is 3.74. The van der Waals surface area contributed by atoms with Crippen LogP contribution in [0.2, 0.25) is 0 Å². The lowest BCUT2D eigenvalue weighted by molar-refractivity contribution is -0.133. The summed E-state index contributed by atoms with van der Waals surface area (Å²) in [6.07, 6.45) is 3.44. The minimum absolute atomic E-state index is 0.0214.